The third kappa shape index (κ3) is 3.01. The number of nitrogens with zero attached hydrogens (tertiary/aromatic N) is 2. The molecule has 1 amide bonds. The highest BCUT2D eigenvalue weighted by Gasteiger charge is 2.42. The number of amides is 1. The van der Waals surface area contributed by atoms with Gasteiger partial charge in [0, 0.05) is 11.7 Å². The first-order valence-electron chi connectivity index (χ1n) is 8.06. The molecule has 1 aromatic rings. The Hall–Kier alpha value is -1.46. The highest BCUT2D eigenvalue weighted by molar-refractivity contribution is 5.76. The summed E-state index contributed by atoms with van der Waals surface area (Å²) in [6, 6.07) is 1.48. The molecule has 2 bridgehead atoms. The van der Waals surface area contributed by atoms with E-state index in [1.54, 1.807) is 6.92 Å². The number of halogens is 2. The highest BCUT2D eigenvalue weighted by atomic mass is 19.3. The lowest BCUT2D eigenvalue weighted by molar-refractivity contribution is -0.123. The lowest BCUT2D eigenvalue weighted by Crippen LogP contribution is -2.41. The van der Waals surface area contributed by atoms with Crippen molar-refractivity contribution in [1.82, 2.24) is 15.1 Å². The zero-order valence-electron chi connectivity index (χ0n) is 13.1. The Morgan fingerprint density at radius 1 is 1.45 bits per heavy atom. The molecule has 3 rings (SSSR count). The molecular weight excluding hydrogens is 288 g/mol. The van der Waals surface area contributed by atoms with Gasteiger partial charge in [-0.3, -0.25) is 9.48 Å². The van der Waals surface area contributed by atoms with E-state index in [9.17, 15) is 13.6 Å². The first-order valence-corrected chi connectivity index (χ1v) is 8.06. The maximum atomic E-state index is 12.6. The van der Waals surface area contributed by atoms with Gasteiger partial charge in [0.05, 0.1) is 0 Å². The average molecular weight is 311 g/mol. The largest absolute Gasteiger partial charge is 0.352 e. The van der Waals surface area contributed by atoms with Crippen molar-refractivity contribution in [2.45, 2.75) is 58.5 Å². The van der Waals surface area contributed by atoms with Crippen LogP contribution in [0.4, 0.5) is 8.78 Å². The van der Waals surface area contributed by atoms with Crippen LogP contribution in [0.3, 0.4) is 0 Å². The molecule has 1 aromatic heterocycles. The first kappa shape index (κ1) is 15.4. The lowest BCUT2D eigenvalue weighted by atomic mass is 9.84. The number of alkyl halides is 2. The highest BCUT2D eigenvalue weighted by Crippen LogP contribution is 2.49. The van der Waals surface area contributed by atoms with Crippen LogP contribution in [0, 0.1) is 24.7 Å². The first-order chi connectivity index (χ1) is 10.4. The summed E-state index contributed by atoms with van der Waals surface area (Å²) in [6.07, 6.45) is 2.54. The number of aromatic nitrogens is 2. The normalized spacial score (nSPS) is 28.3. The molecule has 0 aromatic carbocycles. The molecule has 1 N–H and O–H groups in total. The Kier molecular flexibility index (Phi) is 4.19. The smallest absolute Gasteiger partial charge is 0.282 e. The summed E-state index contributed by atoms with van der Waals surface area (Å²) in [5.74, 6) is 2.01. The summed E-state index contributed by atoms with van der Waals surface area (Å²) in [6.45, 7) is 3.75. The van der Waals surface area contributed by atoms with Gasteiger partial charge in [0.1, 0.15) is 12.2 Å². The number of hydrogen-bond acceptors (Lipinski definition) is 2. The monoisotopic (exact) mass is 311 g/mol. The van der Waals surface area contributed by atoms with Crippen LogP contribution in [0.2, 0.25) is 0 Å². The maximum absolute atomic E-state index is 12.6. The van der Waals surface area contributed by atoms with Crippen molar-refractivity contribution in [1.29, 1.82) is 0 Å². The van der Waals surface area contributed by atoms with Crippen molar-refractivity contribution in [3.8, 4) is 0 Å². The molecule has 1 heterocycles. The number of hydrogen-bond donors (Lipinski definition) is 1. The van der Waals surface area contributed by atoms with E-state index in [1.165, 1.54) is 36.4 Å². The summed E-state index contributed by atoms with van der Waals surface area (Å²) in [7, 11) is 0. The van der Waals surface area contributed by atoms with Crippen LogP contribution in [0.1, 0.15) is 50.4 Å². The second-order valence-electron chi connectivity index (χ2n) is 6.86. The molecule has 4 nitrogen and oxygen atoms in total. The predicted molar refractivity (Wildman–Crippen MR) is 78.5 cm³/mol. The fourth-order valence-electron chi connectivity index (χ4n) is 4.25. The van der Waals surface area contributed by atoms with Gasteiger partial charge >= 0.3 is 0 Å². The molecule has 2 fully saturated rings. The topological polar surface area (TPSA) is 46.9 Å². The lowest BCUT2D eigenvalue weighted by Gasteiger charge is -2.28. The summed E-state index contributed by atoms with van der Waals surface area (Å²) in [5, 5.41) is 6.83. The Labute approximate surface area is 129 Å². The van der Waals surface area contributed by atoms with E-state index in [1.807, 2.05) is 0 Å². The molecule has 6 heteroatoms. The number of rotatable bonds is 5. The van der Waals surface area contributed by atoms with Crippen LogP contribution in [0.15, 0.2) is 6.07 Å². The van der Waals surface area contributed by atoms with Crippen molar-refractivity contribution >= 4 is 5.91 Å². The van der Waals surface area contributed by atoms with Gasteiger partial charge in [-0.2, -0.15) is 5.10 Å². The summed E-state index contributed by atoms with van der Waals surface area (Å²) in [4.78, 5) is 12.2. The number of carbonyl (C=O) groups is 1. The second kappa shape index (κ2) is 5.97. The zero-order valence-corrected chi connectivity index (χ0v) is 13.1. The van der Waals surface area contributed by atoms with Crippen LogP contribution in [0.5, 0.6) is 0 Å². The van der Waals surface area contributed by atoms with E-state index in [0.29, 0.717) is 11.6 Å². The molecule has 0 saturated heterocycles. The minimum absolute atomic E-state index is 0.00368. The van der Waals surface area contributed by atoms with E-state index in [0.717, 1.165) is 11.8 Å². The van der Waals surface area contributed by atoms with Crippen molar-refractivity contribution < 1.29 is 13.6 Å². The van der Waals surface area contributed by atoms with Crippen LogP contribution in [-0.4, -0.2) is 21.7 Å². The fraction of sp³-hybridized carbons (Fsp3) is 0.750. The van der Waals surface area contributed by atoms with E-state index in [4.69, 9.17) is 0 Å². The molecule has 0 spiro atoms. The van der Waals surface area contributed by atoms with Crippen molar-refractivity contribution in [3.63, 3.8) is 0 Å². The fourth-order valence-corrected chi connectivity index (χ4v) is 4.25. The average Bonchev–Trinajstić information content (AvgIpc) is 3.14. The van der Waals surface area contributed by atoms with E-state index >= 15 is 0 Å². The van der Waals surface area contributed by atoms with Crippen LogP contribution < -0.4 is 5.32 Å². The van der Waals surface area contributed by atoms with Gasteiger partial charge in [0.15, 0.2) is 0 Å². The Morgan fingerprint density at radius 3 is 2.77 bits per heavy atom. The maximum Gasteiger partial charge on any atom is 0.282 e. The summed E-state index contributed by atoms with van der Waals surface area (Å²) in [5.41, 5.74) is 0.310. The van der Waals surface area contributed by atoms with Gasteiger partial charge in [-0.25, -0.2) is 8.78 Å². The number of aryl methyl sites for hydroxylation is 1. The van der Waals surface area contributed by atoms with Gasteiger partial charge in [-0.1, -0.05) is 6.42 Å². The number of fused-ring (bicyclic) bond motifs is 2. The van der Waals surface area contributed by atoms with E-state index in [-0.39, 0.29) is 24.2 Å². The summed E-state index contributed by atoms with van der Waals surface area (Å²) < 4.78 is 26.6. The Morgan fingerprint density at radius 2 is 2.23 bits per heavy atom. The van der Waals surface area contributed by atoms with Crippen LogP contribution in [-0.2, 0) is 11.3 Å². The molecule has 2 aliphatic rings. The molecule has 0 unspecified atom stereocenters. The third-order valence-corrected chi connectivity index (χ3v) is 5.34. The van der Waals surface area contributed by atoms with Crippen LogP contribution >= 0.6 is 0 Å². The molecule has 0 radical (unpaired) electrons. The number of carbonyl (C=O) groups excluding carboxylic acids is 1. The predicted octanol–water partition coefficient (Wildman–Crippen LogP) is 3.07. The molecule has 22 heavy (non-hydrogen) atoms. The molecule has 2 aliphatic carbocycles. The van der Waals surface area contributed by atoms with E-state index < -0.39 is 6.43 Å². The van der Waals surface area contributed by atoms with Crippen molar-refractivity contribution in [3.05, 3.63) is 17.5 Å². The van der Waals surface area contributed by atoms with Crippen molar-refractivity contribution in [2.24, 2.45) is 17.8 Å². The number of nitrogens with one attached hydrogen (secondary N) is 1. The zero-order chi connectivity index (χ0) is 15.9. The molecule has 2 saturated carbocycles. The minimum atomic E-state index is -2.60. The molecule has 122 valence electrons. The van der Waals surface area contributed by atoms with Gasteiger partial charge in [-0.05, 0) is 56.9 Å². The summed E-state index contributed by atoms with van der Waals surface area (Å²) >= 11 is 0. The van der Waals surface area contributed by atoms with Gasteiger partial charge in [0.2, 0.25) is 5.91 Å². The van der Waals surface area contributed by atoms with Gasteiger partial charge in [-0.15, -0.1) is 0 Å². The molecule has 4 atom stereocenters. The molecular formula is C16H23F2N3O. The third-order valence-electron chi connectivity index (χ3n) is 5.34. The second-order valence-corrected chi connectivity index (χ2v) is 6.86. The van der Waals surface area contributed by atoms with Gasteiger partial charge in [0.25, 0.3) is 6.43 Å². The SMILES string of the molecule is Cc1cc(C(F)F)nn1CC(=O)N[C@H](C)[C@H]1C[C@H]2CC[C@H]1C2. The van der Waals surface area contributed by atoms with Gasteiger partial charge < -0.3 is 5.32 Å². The van der Waals surface area contributed by atoms with Crippen LogP contribution in [0.25, 0.3) is 0 Å². The standard InChI is InChI=1S/C16H23F2N3O/c1-9-5-14(16(17)18)20-21(9)8-15(22)19-10(2)13-7-11-3-4-12(13)6-11/h5,10-13,16H,3-4,6-8H2,1-2H3,(H,19,22)/t10-,11+,12+,13-/m1/s1. The quantitative estimate of drug-likeness (QED) is 0.908. The van der Waals surface area contributed by atoms with E-state index in [2.05, 4.69) is 17.3 Å². The van der Waals surface area contributed by atoms with Crippen molar-refractivity contribution in [2.75, 3.05) is 0 Å². The minimum Gasteiger partial charge on any atom is -0.352 e. The Balaban J connectivity index is 1.56. The molecule has 0 aliphatic heterocycles. The Bertz CT molecular complexity index is 558.